The Morgan fingerprint density at radius 3 is 2.72 bits per heavy atom. The van der Waals surface area contributed by atoms with E-state index in [1.807, 2.05) is 0 Å². The molecule has 0 bridgehead atoms. The molecule has 0 spiro atoms. The van der Waals surface area contributed by atoms with E-state index in [4.69, 9.17) is 5.14 Å². The lowest BCUT2D eigenvalue weighted by Gasteiger charge is -2.27. The first-order valence-electron chi connectivity index (χ1n) is 5.02. The van der Waals surface area contributed by atoms with Crippen molar-refractivity contribution in [2.24, 2.45) is 5.14 Å². The highest BCUT2D eigenvalue weighted by atomic mass is 32.2. The number of sulfonamides is 1. The molecule has 0 saturated heterocycles. The van der Waals surface area contributed by atoms with Gasteiger partial charge in [0, 0.05) is 6.54 Å². The number of aromatic nitrogens is 2. The molecule has 1 aliphatic heterocycles. The number of halogens is 1. The van der Waals surface area contributed by atoms with Crippen molar-refractivity contribution in [3.05, 3.63) is 24.3 Å². The van der Waals surface area contributed by atoms with Crippen LogP contribution >= 0.6 is 0 Å². The molecule has 18 heavy (non-hydrogen) atoms. The summed E-state index contributed by atoms with van der Waals surface area (Å²) in [5, 5.41) is 8.90. The van der Waals surface area contributed by atoms with Gasteiger partial charge in [0.1, 0.15) is 4.90 Å². The third-order valence-corrected chi connectivity index (χ3v) is 3.61. The second-order valence-corrected chi connectivity index (χ2v) is 5.39. The molecule has 0 fully saturated rings. The molecule has 2 heterocycles. The van der Waals surface area contributed by atoms with Crippen LogP contribution in [0.3, 0.4) is 0 Å². The number of fused-ring (bicyclic) bond motifs is 1. The van der Waals surface area contributed by atoms with Crippen LogP contribution in [-0.4, -0.2) is 35.6 Å². The molecular formula is C9H11FN4O3S. The predicted molar refractivity (Wildman–Crippen MR) is 59.3 cm³/mol. The highest BCUT2D eigenvalue weighted by Crippen LogP contribution is 2.20. The molecule has 98 valence electrons. The van der Waals surface area contributed by atoms with Crippen LogP contribution in [0.25, 0.3) is 0 Å². The molecule has 0 radical (unpaired) electrons. The van der Waals surface area contributed by atoms with Crippen molar-refractivity contribution < 1.29 is 17.6 Å². The van der Waals surface area contributed by atoms with Gasteiger partial charge in [-0.25, -0.2) is 17.9 Å². The van der Waals surface area contributed by atoms with Crippen molar-refractivity contribution in [1.29, 1.82) is 0 Å². The zero-order valence-electron chi connectivity index (χ0n) is 9.34. The lowest BCUT2D eigenvalue weighted by molar-refractivity contribution is -0.130. The van der Waals surface area contributed by atoms with Gasteiger partial charge in [-0.05, 0) is 0 Å². The molecule has 0 aliphatic carbocycles. The Balaban J connectivity index is 2.36. The van der Waals surface area contributed by atoms with Gasteiger partial charge < -0.3 is 4.90 Å². The summed E-state index contributed by atoms with van der Waals surface area (Å²) in [7, 11) is -3.91. The van der Waals surface area contributed by atoms with E-state index in [2.05, 4.69) is 11.7 Å². The van der Waals surface area contributed by atoms with Crippen LogP contribution in [0.5, 0.6) is 0 Å². The summed E-state index contributed by atoms with van der Waals surface area (Å²) < 4.78 is 36.8. The Labute approximate surface area is 103 Å². The quantitative estimate of drug-likeness (QED) is 0.725. The van der Waals surface area contributed by atoms with E-state index in [1.54, 1.807) is 0 Å². The third-order valence-electron chi connectivity index (χ3n) is 2.66. The highest BCUT2D eigenvalue weighted by Gasteiger charge is 2.28. The number of hydrogen-bond donors (Lipinski definition) is 1. The van der Waals surface area contributed by atoms with Crippen molar-refractivity contribution in [1.82, 2.24) is 14.7 Å². The fraction of sp³-hybridized carbons (Fsp3) is 0.333. The van der Waals surface area contributed by atoms with Gasteiger partial charge in [-0.2, -0.15) is 5.10 Å². The van der Waals surface area contributed by atoms with Gasteiger partial charge in [0.2, 0.25) is 10.0 Å². The Bertz CT molecular complexity index is 622. The number of primary sulfonamides is 1. The smallest absolute Gasteiger partial charge is 0.282 e. The molecule has 1 amide bonds. The number of amides is 1. The maximum absolute atomic E-state index is 12.8. The molecule has 7 nitrogen and oxygen atoms in total. The van der Waals surface area contributed by atoms with E-state index < -0.39 is 21.8 Å². The first-order valence-corrected chi connectivity index (χ1v) is 6.56. The fourth-order valence-electron chi connectivity index (χ4n) is 1.80. The average Bonchev–Trinajstić information content (AvgIpc) is 2.69. The van der Waals surface area contributed by atoms with Gasteiger partial charge >= 0.3 is 0 Å². The van der Waals surface area contributed by atoms with Crippen LogP contribution in [0.2, 0.25) is 0 Å². The SMILES string of the molecule is C=C(F)C(=O)N1CCn2ncc(S(N)(=O)=O)c2C1. The predicted octanol–water partition coefficient (Wildman–Crippen LogP) is -0.644. The van der Waals surface area contributed by atoms with E-state index in [0.29, 0.717) is 0 Å². The zero-order valence-corrected chi connectivity index (χ0v) is 10.2. The van der Waals surface area contributed by atoms with Crippen LogP contribution in [0, 0.1) is 0 Å². The van der Waals surface area contributed by atoms with Crippen LogP contribution in [-0.2, 0) is 27.9 Å². The summed E-state index contributed by atoms with van der Waals surface area (Å²) in [4.78, 5) is 12.4. The number of carbonyl (C=O) groups excluding carboxylic acids is 1. The van der Waals surface area contributed by atoms with Gasteiger partial charge in [0.15, 0.2) is 5.83 Å². The Morgan fingerprint density at radius 2 is 2.17 bits per heavy atom. The minimum absolute atomic E-state index is 0.0620. The molecule has 0 saturated carbocycles. The second-order valence-electron chi connectivity index (χ2n) is 3.86. The minimum atomic E-state index is -3.91. The maximum Gasteiger partial charge on any atom is 0.282 e. The van der Waals surface area contributed by atoms with Gasteiger partial charge in [-0.15, -0.1) is 0 Å². The maximum atomic E-state index is 12.8. The molecule has 0 atom stereocenters. The van der Waals surface area contributed by atoms with Crippen molar-refractivity contribution >= 4 is 15.9 Å². The topological polar surface area (TPSA) is 98.3 Å². The number of hydrogen-bond acceptors (Lipinski definition) is 4. The summed E-state index contributed by atoms with van der Waals surface area (Å²) >= 11 is 0. The average molecular weight is 274 g/mol. The summed E-state index contributed by atoms with van der Waals surface area (Å²) in [6, 6.07) is 0. The van der Waals surface area contributed by atoms with Gasteiger partial charge in [0.05, 0.1) is 25.0 Å². The summed E-state index contributed by atoms with van der Waals surface area (Å²) in [5.74, 6) is -1.94. The summed E-state index contributed by atoms with van der Waals surface area (Å²) in [5.41, 5.74) is 0.276. The van der Waals surface area contributed by atoms with Crippen molar-refractivity contribution in [2.75, 3.05) is 6.54 Å². The summed E-state index contributed by atoms with van der Waals surface area (Å²) in [6.07, 6.45) is 1.13. The third kappa shape index (κ3) is 2.14. The van der Waals surface area contributed by atoms with E-state index in [1.165, 1.54) is 4.68 Å². The highest BCUT2D eigenvalue weighted by molar-refractivity contribution is 7.89. The largest absolute Gasteiger partial charge is 0.329 e. The van der Waals surface area contributed by atoms with Gasteiger partial charge in [-0.3, -0.25) is 9.48 Å². The van der Waals surface area contributed by atoms with Gasteiger partial charge in [0.25, 0.3) is 5.91 Å². The molecule has 2 N–H and O–H groups in total. The van der Waals surface area contributed by atoms with Crippen LogP contribution in [0.15, 0.2) is 23.5 Å². The lowest BCUT2D eigenvalue weighted by atomic mass is 10.3. The monoisotopic (exact) mass is 274 g/mol. The molecule has 0 aromatic carbocycles. The molecule has 1 aromatic heterocycles. The fourth-order valence-corrected chi connectivity index (χ4v) is 2.50. The summed E-state index contributed by atoms with van der Waals surface area (Å²) in [6.45, 7) is 3.38. The number of nitrogens with zero attached hydrogens (tertiary/aromatic N) is 3. The molecule has 0 unspecified atom stereocenters. The zero-order chi connectivity index (χ0) is 13.5. The minimum Gasteiger partial charge on any atom is -0.329 e. The van der Waals surface area contributed by atoms with Gasteiger partial charge in [-0.1, -0.05) is 6.58 Å². The van der Waals surface area contributed by atoms with E-state index in [-0.39, 0.29) is 30.2 Å². The van der Waals surface area contributed by atoms with E-state index in [9.17, 15) is 17.6 Å². The van der Waals surface area contributed by atoms with E-state index >= 15 is 0 Å². The molecule has 9 heteroatoms. The van der Waals surface area contributed by atoms with E-state index in [0.717, 1.165) is 11.1 Å². The Kier molecular flexibility index (Phi) is 2.95. The second kappa shape index (κ2) is 4.18. The molecule has 1 aromatic rings. The number of rotatable bonds is 2. The first-order chi connectivity index (χ1) is 8.30. The molecule has 1 aliphatic rings. The standard InChI is InChI=1S/C9H11FN4O3S/c1-6(10)9(15)13-2-3-14-7(5-13)8(4-12-14)18(11,16)17/h4H,1-3,5H2,(H2,11,16,17). The Morgan fingerprint density at radius 1 is 1.50 bits per heavy atom. The first kappa shape index (κ1) is 12.7. The number of nitrogens with two attached hydrogens (primary N) is 1. The van der Waals surface area contributed by atoms with Crippen LogP contribution in [0.4, 0.5) is 4.39 Å². The van der Waals surface area contributed by atoms with Crippen molar-refractivity contribution in [3.8, 4) is 0 Å². The normalized spacial score (nSPS) is 15.3. The van der Waals surface area contributed by atoms with Crippen molar-refractivity contribution in [2.45, 2.75) is 18.0 Å². The van der Waals surface area contributed by atoms with Crippen LogP contribution < -0.4 is 5.14 Å². The Hall–Kier alpha value is -1.74. The van der Waals surface area contributed by atoms with Crippen LogP contribution in [0.1, 0.15) is 5.69 Å². The molecule has 2 rings (SSSR count). The molecular weight excluding hydrogens is 263 g/mol. The number of carbonyl (C=O) groups is 1. The van der Waals surface area contributed by atoms with Crippen molar-refractivity contribution in [3.63, 3.8) is 0 Å². The lowest BCUT2D eigenvalue weighted by Crippen LogP contribution is -2.39.